The van der Waals surface area contributed by atoms with Crippen LogP contribution < -0.4 is 5.32 Å². The van der Waals surface area contributed by atoms with Gasteiger partial charge in [-0.2, -0.15) is 5.10 Å². The molecule has 0 radical (unpaired) electrons. The largest absolute Gasteiger partial charge is 0.392 e. The van der Waals surface area contributed by atoms with Crippen LogP contribution in [-0.4, -0.2) is 27.0 Å². The Balaban J connectivity index is 1.99. The molecule has 0 spiro atoms. The molecule has 5 heteroatoms. The molecule has 1 aliphatic rings. The lowest BCUT2D eigenvalue weighted by molar-refractivity contribution is 0.119. The first-order chi connectivity index (χ1) is 9.13. The first kappa shape index (κ1) is 15.0. The first-order valence-corrected chi connectivity index (χ1v) is 8.04. The van der Waals surface area contributed by atoms with Crippen LogP contribution in [0.2, 0.25) is 0 Å². The van der Waals surface area contributed by atoms with Crippen molar-refractivity contribution in [3.63, 3.8) is 0 Å². The maximum atomic E-state index is 10.1. The van der Waals surface area contributed by atoms with E-state index >= 15 is 0 Å². The SMILES string of the molecule is CCc1nn(C)c(CNC2CCCCCC2O)c1Br. The normalized spacial score (nSPS) is 24.4. The van der Waals surface area contributed by atoms with E-state index in [1.165, 1.54) is 12.8 Å². The van der Waals surface area contributed by atoms with E-state index in [0.29, 0.717) is 0 Å². The molecule has 1 heterocycles. The van der Waals surface area contributed by atoms with E-state index in [4.69, 9.17) is 0 Å². The second-order valence-electron chi connectivity index (χ2n) is 5.38. The van der Waals surface area contributed by atoms with Gasteiger partial charge in [-0.15, -0.1) is 0 Å². The molecule has 4 nitrogen and oxygen atoms in total. The standard InChI is InChI=1S/C14H24BrN3O/c1-3-10-14(15)12(18(2)17-10)9-16-11-7-5-4-6-8-13(11)19/h11,13,16,19H,3-9H2,1-2H3. The van der Waals surface area contributed by atoms with Gasteiger partial charge in [0.05, 0.1) is 22.0 Å². The van der Waals surface area contributed by atoms with Gasteiger partial charge in [-0.1, -0.05) is 26.2 Å². The summed E-state index contributed by atoms with van der Waals surface area (Å²) in [7, 11) is 1.98. The number of aliphatic hydroxyl groups excluding tert-OH is 1. The minimum atomic E-state index is -0.208. The van der Waals surface area contributed by atoms with Crippen molar-refractivity contribution < 1.29 is 5.11 Å². The van der Waals surface area contributed by atoms with E-state index in [-0.39, 0.29) is 12.1 Å². The molecule has 108 valence electrons. The summed E-state index contributed by atoms with van der Waals surface area (Å²) in [6, 6.07) is 0.217. The van der Waals surface area contributed by atoms with Gasteiger partial charge in [0.25, 0.3) is 0 Å². The van der Waals surface area contributed by atoms with Crippen molar-refractivity contribution in [1.82, 2.24) is 15.1 Å². The zero-order chi connectivity index (χ0) is 13.8. The van der Waals surface area contributed by atoms with Crippen molar-refractivity contribution >= 4 is 15.9 Å². The average molecular weight is 330 g/mol. The Morgan fingerprint density at radius 1 is 1.37 bits per heavy atom. The highest BCUT2D eigenvalue weighted by molar-refractivity contribution is 9.10. The van der Waals surface area contributed by atoms with Gasteiger partial charge in [0, 0.05) is 19.6 Å². The topological polar surface area (TPSA) is 50.1 Å². The lowest BCUT2D eigenvalue weighted by Crippen LogP contribution is -2.39. The maximum Gasteiger partial charge on any atom is 0.0767 e. The summed E-state index contributed by atoms with van der Waals surface area (Å²) in [6.45, 7) is 2.87. The lowest BCUT2D eigenvalue weighted by atomic mass is 10.1. The van der Waals surface area contributed by atoms with Crippen LogP contribution in [0.25, 0.3) is 0 Å². The molecule has 2 unspecified atom stereocenters. The molecule has 1 aromatic heterocycles. The molecule has 1 saturated carbocycles. The molecule has 19 heavy (non-hydrogen) atoms. The number of rotatable bonds is 4. The molecule has 0 saturated heterocycles. The zero-order valence-electron chi connectivity index (χ0n) is 11.8. The monoisotopic (exact) mass is 329 g/mol. The highest BCUT2D eigenvalue weighted by atomic mass is 79.9. The molecule has 2 N–H and O–H groups in total. The molecule has 2 atom stereocenters. The molecule has 0 amide bonds. The van der Waals surface area contributed by atoms with Crippen LogP contribution >= 0.6 is 15.9 Å². The molecule has 0 aromatic carbocycles. The predicted octanol–water partition coefficient (Wildman–Crippen LogP) is 2.53. The summed E-state index contributed by atoms with van der Waals surface area (Å²) in [5.41, 5.74) is 2.26. The fourth-order valence-electron chi connectivity index (χ4n) is 2.77. The van der Waals surface area contributed by atoms with Crippen molar-refractivity contribution in [3.8, 4) is 0 Å². The minimum Gasteiger partial charge on any atom is -0.392 e. The van der Waals surface area contributed by atoms with Gasteiger partial charge in [0.1, 0.15) is 0 Å². The van der Waals surface area contributed by atoms with Crippen molar-refractivity contribution in [2.24, 2.45) is 7.05 Å². The van der Waals surface area contributed by atoms with Crippen molar-refractivity contribution in [2.75, 3.05) is 0 Å². The van der Waals surface area contributed by atoms with Crippen LogP contribution in [0.4, 0.5) is 0 Å². The summed E-state index contributed by atoms with van der Waals surface area (Å²) < 4.78 is 3.03. The van der Waals surface area contributed by atoms with E-state index in [2.05, 4.69) is 33.3 Å². The van der Waals surface area contributed by atoms with Crippen molar-refractivity contribution in [3.05, 3.63) is 15.9 Å². The van der Waals surface area contributed by atoms with Crippen LogP contribution in [0.1, 0.15) is 50.4 Å². The maximum absolute atomic E-state index is 10.1. The number of nitrogens with one attached hydrogen (secondary N) is 1. The fourth-order valence-corrected chi connectivity index (χ4v) is 3.52. The first-order valence-electron chi connectivity index (χ1n) is 7.25. The Bertz CT molecular complexity index is 419. The van der Waals surface area contributed by atoms with Gasteiger partial charge in [-0.05, 0) is 35.2 Å². The van der Waals surface area contributed by atoms with Crippen LogP contribution in [0.5, 0.6) is 0 Å². The molecule has 0 aliphatic heterocycles. The van der Waals surface area contributed by atoms with Crippen molar-refractivity contribution in [1.29, 1.82) is 0 Å². The summed E-state index contributed by atoms with van der Waals surface area (Å²) in [5.74, 6) is 0. The Hall–Kier alpha value is -0.390. The Kier molecular flexibility index (Phi) is 5.42. The lowest BCUT2D eigenvalue weighted by Gasteiger charge is -2.22. The van der Waals surface area contributed by atoms with E-state index in [1.54, 1.807) is 0 Å². The second-order valence-corrected chi connectivity index (χ2v) is 6.17. The van der Waals surface area contributed by atoms with Gasteiger partial charge < -0.3 is 10.4 Å². The summed E-state index contributed by atoms with van der Waals surface area (Å²) >= 11 is 3.63. The molecular formula is C14H24BrN3O. The average Bonchev–Trinajstić information content (AvgIpc) is 2.55. The molecule has 1 fully saturated rings. The Morgan fingerprint density at radius 3 is 2.79 bits per heavy atom. The summed E-state index contributed by atoms with van der Waals surface area (Å²) in [4.78, 5) is 0. The summed E-state index contributed by atoms with van der Waals surface area (Å²) in [6.07, 6.45) is 6.31. The van der Waals surface area contributed by atoms with Crippen LogP contribution in [0, 0.1) is 0 Å². The molecule has 1 aromatic rings. The third kappa shape index (κ3) is 3.58. The van der Waals surface area contributed by atoms with E-state index in [9.17, 15) is 5.11 Å². The third-order valence-corrected chi connectivity index (χ3v) is 4.93. The van der Waals surface area contributed by atoms with Gasteiger partial charge in [-0.3, -0.25) is 4.68 Å². The van der Waals surface area contributed by atoms with E-state index in [1.807, 2.05) is 11.7 Å². The second kappa shape index (κ2) is 6.86. The highest BCUT2D eigenvalue weighted by Gasteiger charge is 2.22. The third-order valence-electron chi connectivity index (χ3n) is 4.01. The highest BCUT2D eigenvalue weighted by Crippen LogP contribution is 2.23. The molecule has 2 rings (SSSR count). The Labute approximate surface area is 123 Å². The van der Waals surface area contributed by atoms with Crippen LogP contribution in [0.3, 0.4) is 0 Å². The molecule has 0 bridgehead atoms. The predicted molar refractivity (Wildman–Crippen MR) is 80.0 cm³/mol. The molecular weight excluding hydrogens is 306 g/mol. The Morgan fingerprint density at radius 2 is 2.11 bits per heavy atom. The fraction of sp³-hybridized carbons (Fsp3) is 0.786. The van der Waals surface area contributed by atoms with Gasteiger partial charge in [0.15, 0.2) is 0 Å². The smallest absolute Gasteiger partial charge is 0.0767 e. The minimum absolute atomic E-state index is 0.208. The van der Waals surface area contributed by atoms with Gasteiger partial charge in [-0.25, -0.2) is 0 Å². The number of aromatic nitrogens is 2. The number of nitrogens with zero attached hydrogens (tertiary/aromatic N) is 2. The van der Waals surface area contributed by atoms with E-state index < -0.39 is 0 Å². The zero-order valence-corrected chi connectivity index (χ0v) is 13.4. The number of aryl methyl sites for hydroxylation is 2. The summed E-state index contributed by atoms with van der Waals surface area (Å²) in [5, 5.41) is 18.1. The number of hydrogen-bond acceptors (Lipinski definition) is 3. The van der Waals surface area contributed by atoms with Gasteiger partial charge in [0.2, 0.25) is 0 Å². The molecule has 1 aliphatic carbocycles. The van der Waals surface area contributed by atoms with Gasteiger partial charge >= 0.3 is 0 Å². The number of hydrogen-bond donors (Lipinski definition) is 2. The van der Waals surface area contributed by atoms with Crippen LogP contribution in [0.15, 0.2) is 4.47 Å². The quantitative estimate of drug-likeness (QED) is 0.834. The number of halogens is 1. The van der Waals surface area contributed by atoms with Crippen molar-refractivity contribution in [2.45, 2.75) is 64.1 Å². The van der Waals surface area contributed by atoms with Crippen LogP contribution in [-0.2, 0) is 20.0 Å². The van der Waals surface area contributed by atoms with E-state index in [0.717, 1.165) is 48.1 Å². The number of aliphatic hydroxyl groups is 1.